The van der Waals surface area contributed by atoms with Crippen molar-refractivity contribution >= 4 is 70.7 Å². The fraction of sp³-hybridized carbons (Fsp3) is 0.537. The van der Waals surface area contributed by atoms with Crippen LogP contribution in [0.2, 0.25) is 0 Å². The number of carbonyl (C=O) groups excluding carboxylic acids is 7. The molecule has 5 aliphatic heterocycles. The number of piperazine rings is 1. The molecule has 7 amide bonds. The second kappa shape index (κ2) is 35.1. The van der Waals surface area contributed by atoms with E-state index in [9.17, 15) is 74.7 Å². The molecule has 15 atom stereocenters. The highest BCUT2D eigenvalue weighted by atomic mass is 32.2. The van der Waals surface area contributed by atoms with Crippen LogP contribution in [0, 0.1) is 5.92 Å². The van der Waals surface area contributed by atoms with Crippen LogP contribution in [0.4, 0.5) is 17.1 Å². The molecule has 0 spiro atoms. The van der Waals surface area contributed by atoms with Gasteiger partial charge in [0.2, 0.25) is 35.4 Å². The standard InChI is InChI=1S/C67H91N11O21S/c1-36-30-78-59(60(36)87)65(92)69-29-48(82)27-50(70-61(88)43-8-6-41(7-9-43)42-10-12-45(13-11-42)74-21-23-75(24-22-74)46-14-16-47(17-15-46)76-31-37(2)96-38(3)32-76)62(89)71-56(39(4)81)66(93)77-33-49(83)28-51(77)63(90)72-57(54(86)25-40-5-18-52(84)55(26-40)97-100-99-98-95)64(91)73-58(67(78)94)53(85)19-20-68-44(34-79)35-80/h5-18,26,36-39,44,48-51,53-54,56-60,68,79-87,95H,19-25,27-35H2,1-4H3,(H,69,92)(H,70,88)(H,71,89)(H,72,90)(H,73,91)/t36-,37-,38+,39+,48+,49+,50?,51-,53+,54+,56-,57-,58-,59-,60-/m0/s1. The number of nitrogens with one attached hydrogen (secondary N) is 6. The summed E-state index contributed by atoms with van der Waals surface area (Å²) in [6.45, 7) is 8.85. The number of β-amino-alcohol motifs (C(OH)–C–C–N with tert-alkyl or cyclic N) is 1. The molecule has 5 heterocycles. The van der Waals surface area contributed by atoms with Gasteiger partial charge in [-0.3, -0.25) is 33.6 Å². The SMILES string of the molecule is C[C@@H]1CN(c2ccc(N3CCN(c4ccc(-c5ccc(C(=O)NC6C[C@@H](O)CNC(=O)[C@@H]7[C@@H](O)[C@@H](C)CN7C(=O)[C@H]([C@H](O)CCNC(CO)CO)NC(=O)[C@H]([C@H](O)Cc7ccc(O)c(OSOOO)c7)NC(=O)[C@@H]7C[C@@H](O)CN7C(=O)[C@H]([C@@H](C)O)NC6=O)cc5)cc4)CC3)cc2)C[C@H](C)O1. The smallest absolute Gasteiger partial charge is 0.261 e. The van der Waals surface area contributed by atoms with Gasteiger partial charge in [-0.1, -0.05) is 46.6 Å². The highest BCUT2D eigenvalue weighted by molar-refractivity contribution is 7.90. The van der Waals surface area contributed by atoms with Crippen LogP contribution in [0.1, 0.15) is 62.9 Å². The third kappa shape index (κ3) is 19.1. The highest BCUT2D eigenvalue weighted by Gasteiger charge is 2.50. The Morgan fingerprint density at radius 2 is 1.23 bits per heavy atom. The summed E-state index contributed by atoms with van der Waals surface area (Å²) in [5.74, 6) is -9.52. The number of aliphatic hydroxyl groups excluding tert-OH is 8. The zero-order chi connectivity index (χ0) is 72.1. The number of fused-ring (bicyclic) bond motifs is 2. The Kier molecular flexibility index (Phi) is 26.7. The summed E-state index contributed by atoms with van der Waals surface area (Å²) < 4.78 is 15.3. The predicted octanol–water partition coefficient (Wildman–Crippen LogP) is -2.36. The Labute approximate surface area is 581 Å². The van der Waals surface area contributed by atoms with Crippen molar-refractivity contribution in [3.8, 4) is 22.6 Å². The molecule has 5 aliphatic rings. The summed E-state index contributed by atoms with van der Waals surface area (Å²) in [5, 5.41) is 126. The van der Waals surface area contributed by atoms with Crippen molar-refractivity contribution in [3.63, 3.8) is 0 Å². The topological polar surface area (TPSA) is 447 Å². The van der Waals surface area contributed by atoms with E-state index in [-0.39, 0.29) is 54.5 Å². The minimum Gasteiger partial charge on any atom is -0.504 e. The molecule has 32 nitrogen and oxygen atoms in total. The molecule has 4 aromatic rings. The van der Waals surface area contributed by atoms with Gasteiger partial charge in [-0.2, -0.15) is 0 Å². The average Bonchev–Trinajstić information content (AvgIpc) is 1.35. The molecule has 1 unspecified atom stereocenters. The van der Waals surface area contributed by atoms with Gasteiger partial charge in [0.25, 0.3) is 18.2 Å². The molecule has 0 bridgehead atoms. The molecule has 33 heteroatoms. The van der Waals surface area contributed by atoms with Gasteiger partial charge < -0.3 is 111 Å². The van der Waals surface area contributed by atoms with Crippen LogP contribution in [-0.4, -0.2) is 272 Å². The van der Waals surface area contributed by atoms with Crippen molar-refractivity contribution in [1.82, 2.24) is 41.7 Å². The Balaban J connectivity index is 0.948. The van der Waals surface area contributed by atoms with Crippen molar-refractivity contribution in [3.05, 3.63) is 102 Å². The zero-order valence-electron chi connectivity index (χ0n) is 55.8. The number of carbonyl (C=O) groups is 7. The molecule has 0 aliphatic carbocycles. The van der Waals surface area contributed by atoms with Crippen molar-refractivity contribution in [1.29, 1.82) is 0 Å². The number of benzene rings is 4. The average molecular weight is 1420 g/mol. The third-order valence-corrected chi connectivity index (χ3v) is 19.1. The lowest BCUT2D eigenvalue weighted by Gasteiger charge is -2.38. The van der Waals surface area contributed by atoms with Gasteiger partial charge in [-0.05, 0) is 111 Å². The fourth-order valence-corrected chi connectivity index (χ4v) is 13.5. The van der Waals surface area contributed by atoms with Crippen LogP contribution >= 0.6 is 12.3 Å². The predicted molar refractivity (Wildman–Crippen MR) is 362 cm³/mol. The second-order valence-electron chi connectivity index (χ2n) is 26.2. The number of ether oxygens (including phenoxy) is 1. The maximum absolute atomic E-state index is 15.0. The largest absolute Gasteiger partial charge is 0.504 e. The van der Waals surface area contributed by atoms with Gasteiger partial charge in [0, 0.05) is 107 Å². The van der Waals surface area contributed by atoms with Gasteiger partial charge in [-0.25, -0.2) is 5.26 Å². The Morgan fingerprint density at radius 3 is 1.83 bits per heavy atom. The Bertz CT molecular complexity index is 3420. The van der Waals surface area contributed by atoms with E-state index in [1.54, 1.807) is 12.1 Å². The van der Waals surface area contributed by atoms with E-state index in [4.69, 9.17) is 14.2 Å². The van der Waals surface area contributed by atoms with Gasteiger partial charge >= 0.3 is 0 Å². The van der Waals surface area contributed by atoms with E-state index >= 15 is 4.79 Å². The molecule has 9 rings (SSSR count). The number of hydrogen-bond donors (Lipinski definition) is 16. The van der Waals surface area contributed by atoms with E-state index in [1.807, 2.05) is 24.3 Å². The first kappa shape index (κ1) is 76.2. The molecule has 0 saturated carbocycles. The first-order chi connectivity index (χ1) is 47.8. The Hall–Kier alpha value is -8.00. The molecule has 5 saturated heterocycles. The molecule has 0 radical (unpaired) electrons. The third-order valence-electron chi connectivity index (χ3n) is 18.7. The number of anilines is 3. The van der Waals surface area contributed by atoms with Crippen LogP contribution in [0.3, 0.4) is 0 Å². The number of phenols is 1. The number of aliphatic hydroxyl groups is 8. The number of amides is 7. The molecule has 100 heavy (non-hydrogen) atoms. The summed E-state index contributed by atoms with van der Waals surface area (Å²) in [4.78, 5) is 111. The van der Waals surface area contributed by atoms with Crippen molar-refractivity contribution in [2.24, 2.45) is 5.92 Å². The maximum atomic E-state index is 15.0. The molecule has 5 fully saturated rings. The number of hydrogen-bond acceptors (Lipinski definition) is 26. The van der Waals surface area contributed by atoms with Crippen molar-refractivity contribution in [2.45, 2.75) is 145 Å². The zero-order valence-corrected chi connectivity index (χ0v) is 56.6. The first-order valence-corrected chi connectivity index (χ1v) is 34.0. The van der Waals surface area contributed by atoms with Crippen LogP contribution < -0.4 is 50.8 Å². The summed E-state index contributed by atoms with van der Waals surface area (Å²) in [5.41, 5.74) is 5.14. The van der Waals surface area contributed by atoms with E-state index in [1.165, 1.54) is 36.9 Å². The number of aromatic hydroxyl groups is 1. The summed E-state index contributed by atoms with van der Waals surface area (Å²) in [6.07, 6.45) is -12.3. The monoisotopic (exact) mass is 1420 g/mol. The summed E-state index contributed by atoms with van der Waals surface area (Å²) >= 11 is 0.0698. The summed E-state index contributed by atoms with van der Waals surface area (Å²) in [6, 6.07) is 14.5. The fourth-order valence-electron chi connectivity index (χ4n) is 13.3. The van der Waals surface area contributed by atoms with Gasteiger partial charge in [0.1, 0.15) is 36.3 Å². The molecular formula is C67H91N11O21S. The van der Waals surface area contributed by atoms with Crippen LogP contribution in [-0.2, 0) is 49.3 Å². The number of nitrogens with zero attached hydrogens (tertiary/aromatic N) is 5. The molecule has 0 aromatic heterocycles. The van der Waals surface area contributed by atoms with Crippen LogP contribution in [0.5, 0.6) is 11.5 Å². The van der Waals surface area contributed by atoms with Gasteiger partial charge in [0.05, 0.1) is 68.1 Å². The first-order valence-electron chi connectivity index (χ1n) is 33.3. The van der Waals surface area contributed by atoms with E-state index in [0.29, 0.717) is 0 Å². The Morgan fingerprint density at radius 1 is 0.660 bits per heavy atom. The maximum Gasteiger partial charge on any atom is 0.261 e. The highest BCUT2D eigenvalue weighted by Crippen LogP contribution is 2.33. The summed E-state index contributed by atoms with van der Waals surface area (Å²) in [7, 11) is 0. The molecule has 4 aromatic carbocycles. The van der Waals surface area contributed by atoms with Crippen molar-refractivity contribution in [2.75, 3.05) is 93.4 Å². The van der Waals surface area contributed by atoms with Crippen LogP contribution in [0.25, 0.3) is 11.1 Å². The molecule has 16 N–H and O–H groups in total. The molecular weight excluding hydrogens is 1330 g/mol. The minimum atomic E-state index is -2.16. The van der Waals surface area contributed by atoms with Crippen LogP contribution in [0.15, 0.2) is 91.0 Å². The minimum absolute atomic E-state index is 0.0599. The van der Waals surface area contributed by atoms with E-state index in [2.05, 4.69) is 94.1 Å². The number of morpholine rings is 1. The quantitative estimate of drug-likeness (QED) is 0.0180. The molecule has 546 valence electrons. The normalized spacial score (nSPS) is 27.1. The van der Waals surface area contributed by atoms with E-state index < -0.39 is 184 Å². The van der Waals surface area contributed by atoms with Crippen molar-refractivity contribution < 1.29 is 103 Å². The lowest BCUT2D eigenvalue weighted by atomic mass is 9.98. The lowest BCUT2D eigenvalue weighted by molar-refractivity contribution is -0.433. The number of phenolic OH excluding ortho intramolecular Hbond substituents is 1. The van der Waals surface area contributed by atoms with Gasteiger partial charge in [0.15, 0.2) is 11.5 Å². The second-order valence-corrected chi connectivity index (χ2v) is 26.6. The van der Waals surface area contributed by atoms with E-state index in [0.717, 1.165) is 84.6 Å². The lowest BCUT2D eigenvalue weighted by Crippen LogP contribution is -2.64. The van der Waals surface area contributed by atoms with Gasteiger partial charge in [-0.15, -0.1) is 0 Å². The number of rotatable bonds is 21.